The number of nitrogens with one attached hydrogen (secondary N) is 3. The predicted octanol–water partition coefficient (Wildman–Crippen LogP) is 2.34. The first kappa shape index (κ1) is 40.1. The highest BCUT2D eigenvalue weighted by atomic mass is 16.4. The molecule has 3 aromatic rings. The van der Waals surface area contributed by atoms with Gasteiger partial charge >= 0.3 is 6.09 Å². The smallest absolute Gasteiger partial charge is 0.404 e. The molecule has 2 unspecified atom stereocenters. The second-order valence-corrected chi connectivity index (χ2v) is 15.1. The fraction of sp³-hybridized carbons (Fsp3) is 0.553. The molecule has 5 atom stereocenters. The van der Waals surface area contributed by atoms with Crippen molar-refractivity contribution in [3.05, 3.63) is 59.9 Å². The minimum absolute atomic E-state index is 0.0302. The van der Waals surface area contributed by atoms with Crippen molar-refractivity contribution in [1.82, 2.24) is 35.8 Å². The highest BCUT2D eigenvalue weighted by Gasteiger charge is 2.45. The maximum absolute atomic E-state index is 14.7. The van der Waals surface area contributed by atoms with Gasteiger partial charge in [-0.1, -0.05) is 67.6 Å². The molecule has 5 rings (SSSR count). The van der Waals surface area contributed by atoms with Gasteiger partial charge in [-0.15, -0.1) is 5.10 Å². The molecule has 2 aliphatic rings. The molecule has 1 saturated carbocycles. The molecule has 5 amide bonds. The Labute approximate surface area is 313 Å². The van der Waals surface area contributed by atoms with E-state index in [4.69, 9.17) is 10.8 Å². The minimum atomic E-state index is -1.74. The highest BCUT2D eigenvalue weighted by molar-refractivity contribution is 6.01. The van der Waals surface area contributed by atoms with Crippen LogP contribution in [-0.4, -0.2) is 102 Å². The third kappa shape index (κ3) is 10.3. The lowest BCUT2D eigenvalue weighted by molar-refractivity contribution is -0.141. The molecule has 2 aromatic carbocycles. The van der Waals surface area contributed by atoms with Crippen LogP contribution in [0.4, 0.5) is 4.79 Å². The quantitative estimate of drug-likeness (QED) is 0.106. The van der Waals surface area contributed by atoms with Crippen molar-refractivity contribution in [2.45, 2.75) is 114 Å². The third-order valence-corrected chi connectivity index (χ3v) is 10.5. The molecule has 0 bridgehead atoms. The van der Waals surface area contributed by atoms with E-state index in [0.717, 1.165) is 42.9 Å². The average molecular weight is 749 g/mol. The number of carboxylic acid groups (broad SMARTS) is 1. The summed E-state index contributed by atoms with van der Waals surface area (Å²) in [5.41, 5.74) is 4.83. The number of rotatable bonds is 16. The maximum atomic E-state index is 14.7. The third-order valence-electron chi connectivity index (χ3n) is 10.5. The van der Waals surface area contributed by atoms with Gasteiger partial charge in [0.2, 0.25) is 17.7 Å². The normalized spacial score (nSPS) is 19.5. The van der Waals surface area contributed by atoms with E-state index in [0.29, 0.717) is 30.5 Å². The van der Waals surface area contributed by atoms with Gasteiger partial charge in [0.05, 0.1) is 18.3 Å². The predicted molar refractivity (Wildman–Crippen MR) is 198 cm³/mol. The van der Waals surface area contributed by atoms with Crippen LogP contribution < -0.4 is 21.7 Å². The molecule has 1 aliphatic heterocycles. The number of nitrogens with two attached hydrogens (primary N) is 1. The molecule has 292 valence electrons. The number of benzene rings is 2. The van der Waals surface area contributed by atoms with Gasteiger partial charge in [0.25, 0.3) is 5.91 Å². The molecule has 16 heteroatoms. The van der Waals surface area contributed by atoms with E-state index in [1.165, 1.54) is 9.58 Å². The van der Waals surface area contributed by atoms with Crippen LogP contribution in [-0.2, 0) is 20.0 Å². The Morgan fingerprint density at radius 1 is 1.00 bits per heavy atom. The molecule has 2 heterocycles. The van der Waals surface area contributed by atoms with Crippen molar-refractivity contribution in [2.24, 2.45) is 11.7 Å². The number of primary amides is 1. The van der Waals surface area contributed by atoms with Crippen LogP contribution in [0.5, 0.6) is 0 Å². The minimum Gasteiger partial charge on any atom is -0.465 e. The average Bonchev–Trinajstić information content (AvgIpc) is 3.82. The maximum Gasteiger partial charge on any atom is 0.404 e. The van der Waals surface area contributed by atoms with E-state index in [2.05, 4.69) is 26.3 Å². The molecule has 16 nitrogen and oxygen atoms in total. The zero-order chi connectivity index (χ0) is 39.0. The molecule has 8 N–H and O–H groups in total. The summed E-state index contributed by atoms with van der Waals surface area (Å²) >= 11 is 0. The van der Waals surface area contributed by atoms with Gasteiger partial charge in [0.15, 0.2) is 6.10 Å². The van der Waals surface area contributed by atoms with Gasteiger partial charge < -0.3 is 41.9 Å². The van der Waals surface area contributed by atoms with Crippen molar-refractivity contribution in [3.63, 3.8) is 0 Å². The van der Waals surface area contributed by atoms with Crippen LogP contribution in [0.1, 0.15) is 100 Å². The van der Waals surface area contributed by atoms with Crippen molar-refractivity contribution in [3.8, 4) is 0 Å². The summed E-state index contributed by atoms with van der Waals surface area (Å²) in [6.07, 6.45) is 4.89. The van der Waals surface area contributed by atoms with E-state index in [1.54, 1.807) is 32.2 Å². The van der Waals surface area contributed by atoms with Gasteiger partial charge in [-0.3, -0.25) is 19.2 Å². The standard InChI is InChI=1S/C38H52N8O8/c1-38(2,54)31-22-46(44-43-31)27-20-30(35(50)41-28(32(47)33(39)48)14-8-9-17-40-37(52)53)45(21-27)36(51)29(18-23-10-4-3-5-11-23)42-34(49)26-16-15-24-12-6-7-13-25(24)19-26/h6-7,12-13,15-16,19,22-23,27-30,32,40,47,54H,3-5,8-11,14,17-18,20-21H2,1-2H3,(H2,39,48)(H,41,50)(H,42,49)(H,52,53)/t27-,28?,29+,30-,32?/m0/s1. The van der Waals surface area contributed by atoms with Crippen molar-refractivity contribution < 1.29 is 39.3 Å². The lowest BCUT2D eigenvalue weighted by Gasteiger charge is -2.32. The molecule has 2 fully saturated rings. The summed E-state index contributed by atoms with van der Waals surface area (Å²) in [6, 6.07) is 9.30. The summed E-state index contributed by atoms with van der Waals surface area (Å²) in [5.74, 6) is -2.37. The fourth-order valence-corrected chi connectivity index (χ4v) is 7.45. The number of aromatic nitrogens is 3. The first-order valence-corrected chi connectivity index (χ1v) is 18.7. The van der Waals surface area contributed by atoms with Gasteiger partial charge in [-0.25, -0.2) is 9.48 Å². The number of hydrogen-bond donors (Lipinski definition) is 7. The summed E-state index contributed by atoms with van der Waals surface area (Å²) in [7, 11) is 0. The monoisotopic (exact) mass is 748 g/mol. The first-order chi connectivity index (χ1) is 25.7. The van der Waals surface area contributed by atoms with Crippen LogP contribution in [0.3, 0.4) is 0 Å². The fourth-order valence-electron chi connectivity index (χ4n) is 7.45. The van der Waals surface area contributed by atoms with E-state index in [9.17, 15) is 34.2 Å². The van der Waals surface area contributed by atoms with Gasteiger partial charge in [-0.2, -0.15) is 0 Å². The summed E-state index contributed by atoms with van der Waals surface area (Å²) < 4.78 is 1.51. The van der Waals surface area contributed by atoms with Crippen LogP contribution in [0.25, 0.3) is 10.8 Å². The zero-order valence-corrected chi connectivity index (χ0v) is 30.8. The molecule has 1 saturated heterocycles. The van der Waals surface area contributed by atoms with Gasteiger partial charge in [0, 0.05) is 25.1 Å². The topological polar surface area (TPSA) is 242 Å². The molecule has 0 spiro atoms. The Morgan fingerprint density at radius 2 is 1.72 bits per heavy atom. The second kappa shape index (κ2) is 17.8. The lowest BCUT2D eigenvalue weighted by atomic mass is 9.84. The molecule has 54 heavy (non-hydrogen) atoms. The van der Waals surface area contributed by atoms with Gasteiger partial charge in [-0.05, 0) is 68.4 Å². The molecule has 1 aromatic heterocycles. The Hall–Kier alpha value is -5.09. The Balaban J connectivity index is 1.42. The number of amides is 5. The number of unbranched alkanes of at least 4 members (excludes halogenated alkanes) is 1. The second-order valence-electron chi connectivity index (χ2n) is 15.1. The Kier molecular flexibility index (Phi) is 13.2. The number of fused-ring (bicyclic) bond motifs is 1. The van der Waals surface area contributed by atoms with E-state index in [1.807, 2.05) is 30.3 Å². The highest BCUT2D eigenvalue weighted by Crippen LogP contribution is 2.32. The lowest BCUT2D eigenvalue weighted by Crippen LogP contribution is -2.57. The SMILES string of the molecule is CC(C)(O)c1cn([C@H]2C[C@@H](C(=O)NC(CCCCNC(=O)O)C(O)C(N)=O)N(C(=O)[C@@H](CC3CCCCC3)NC(=O)c3ccc4ccccc4c3)C2)nn1. The number of carbonyl (C=O) groups excluding carboxylic acids is 4. The molecular weight excluding hydrogens is 696 g/mol. The number of aliphatic hydroxyl groups is 2. The van der Waals surface area contributed by atoms with Crippen molar-refractivity contribution in [2.75, 3.05) is 13.1 Å². The van der Waals surface area contributed by atoms with Crippen LogP contribution in [0, 0.1) is 5.92 Å². The van der Waals surface area contributed by atoms with Gasteiger partial charge in [0.1, 0.15) is 23.4 Å². The van der Waals surface area contributed by atoms with Crippen LogP contribution >= 0.6 is 0 Å². The number of likely N-dealkylation sites (tertiary alicyclic amines) is 1. The van der Waals surface area contributed by atoms with Crippen molar-refractivity contribution >= 4 is 40.5 Å². The first-order valence-electron chi connectivity index (χ1n) is 18.7. The molecular formula is C38H52N8O8. The summed E-state index contributed by atoms with van der Waals surface area (Å²) in [5, 5.41) is 48.2. The molecule has 1 aliphatic carbocycles. The van der Waals surface area contributed by atoms with Crippen LogP contribution in [0.15, 0.2) is 48.7 Å². The zero-order valence-electron chi connectivity index (χ0n) is 30.8. The summed E-state index contributed by atoms with van der Waals surface area (Å²) in [4.78, 5) is 67.1. The number of aliphatic hydroxyl groups excluding tert-OH is 1. The van der Waals surface area contributed by atoms with E-state index >= 15 is 0 Å². The Bertz CT molecular complexity index is 1800. The number of hydrogen-bond acceptors (Lipinski definition) is 9. The summed E-state index contributed by atoms with van der Waals surface area (Å²) in [6.45, 7) is 3.30. The Morgan fingerprint density at radius 3 is 2.39 bits per heavy atom. The van der Waals surface area contributed by atoms with Crippen LogP contribution in [0.2, 0.25) is 0 Å². The van der Waals surface area contributed by atoms with Crippen molar-refractivity contribution in [1.29, 1.82) is 0 Å². The van der Waals surface area contributed by atoms with E-state index < -0.39 is 65.6 Å². The number of nitrogens with zero attached hydrogens (tertiary/aromatic N) is 4. The van der Waals surface area contributed by atoms with E-state index in [-0.39, 0.29) is 31.8 Å². The number of carbonyl (C=O) groups is 5. The molecule has 0 radical (unpaired) electrons. The largest absolute Gasteiger partial charge is 0.465 e.